The molecule has 3 heteroatoms. The molecule has 0 heterocycles. The summed E-state index contributed by atoms with van der Waals surface area (Å²) in [6.07, 6.45) is 1.50. The maximum absolute atomic E-state index is 9.74. The van der Waals surface area contributed by atoms with Gasteiger partial charge in [-0.05, 0) is 24.8 Å². The number of methoxy groups -OCH3 is 2. The molecule has 1 N–H and O–H groups in total. The summed E-state index contributed by atoms with van der Waals surface area (Å²) in [6, 6.07) is 10.2. The van der Waals surface area contributed by atoms with E-state index in [1.165, 1.54) is 19.8 Å². The van der Waals surface area contributed by atoms with E-state index in [0.29, 0.717) is 6.42 Å². The zero-order valence-electron chi connectivity index (χ0n) is 9.93. The van der Waals surface area contributed by atoms with Crippen LogP contribution in [0.3, 0.4) is 0 Å². The molecular weight excluding hydrogens is 204 g/mol. The van der Waals surface area contributed by atoms with E-state index in [1.54, 1.807) is 0 Å². The van der Waals surface area contributed by atoms with Crippen LogP contribution in [0.5, 0.6) is 0 Å². The lowest BCUT2D eigenvalue weighted by atomic mass is 10.1. The first-order chi connectivity index (χ1) is 7.77. The van der Waals surface area contributed by atoms with E-state index in [0.717, 1.165) is 12.8 Å². The highest BCUT2D eigenvalue weighted by molar-refractivity contribution is 5.14. The van der Waals surface area contributed by atoms with Crippen LogP contribution in [0.15, 0.2) is 30.3 Å². The largest absolute Gasteiger partial charge is 0.388 e. The molecule has 0 spiro atoms. The minimum absolute atomic E-state index is 0.518. The molecule has 1 unspecified atom stereocenters. The molecule has 0 aliphatic carbocycles. The standard InChI is InChI=1S/C13H20O3/c1-15-13(16-2)12(14)10-6-9-11-7-4-3-5-8-11/h3-5,7-8,12-14H,6,9-10H2,1-2H3. The molecule has 16 heavy (non-hydrogen) atoms. The third-order valence-electron chi connectivity index (χ3n) is 2.59. The topological polar surface area (TPSA) is 38.7 Å². The maximum Gasteiger partial charge on any atom is 0.182 e. The Kier molecular flexibility index (Phi) is 6.08. The van der Waals surface area contributed by atoms with Crippen molar-refractivity contribution >= 4 is 0 Å². The van der Waals surface area contributed by atoms with Crippen molar-refractivity contribution in [3.8, 4) is 0 Å². The molecule has 0 radical (unpaired) electrons. The zero-order valence-corrected chi connectivity index (χ0v) is 9.93. The van der Waals surface area contributed by atoms with Gasteiger partial charge in [0.15, 0.2) is 6.29 Å². The van der Waals surface area contributed by atoms with Gasteiger partial charge in [-0.3, -0.25) is 0 Å². The highest BCUT2D eigenvalue weighted by Crippen LogP contribution is 2.10. The number of ether oxygens (including phenoxy) is 2. The second-order valence-corrected chi connectivity index (χ2v) is 3.78. The summed E-state index contributed by atoms with van der Waals surface area (Å²) < 4.78 is 9.98. The molecule has 0 fully saturated rings. The molecule has 0 saturated carbocycles. The number of aliphatic hydroxyl groups is 1. The molecule has 0 aliphatic rings. The SMILES string of the molecule is COC(OC)C(O)CCCc1ccccc1. The van der Waals surface area contributed by atoms with Crippen molar-refractivity contribution in [2.75, 3.05) is 14.2 Å². The third-order valence-corrected chi connectivity index (χ3v) is 2.59. The predicted octanol–water partition coefficient (Wildman–Crippen LogP) is 1.99. The third kappa shape index (κ3) is 4.31. The van der Waals surface area contributed by atoms with Crippen LogP contribution >= 0.6 is 0 Å². The van der Waals surface area contributed by atoms with E-state index in [2.05, 4.69) is 12.1 Å². The fraction of sp³-hybridized carbons (Fsp3) is 0.538. The number of hydrogen-bond acceptors (Lipinski definition) is 3. The summed E-state index contributed by atoms with van der Waals surface area (Å²) in [4.78, 5) is 0. The summed E-state index contributed by atoms with van der Waals surface area (Å²) in [7, 11) is 3.07. The van der Waals surface area contributed by atoms with Gasteiger partial charge in [-0.2, -0.15) is 0 Å². The van der Waals surface area contributed by atoms with Gasteiger partial charge >= 0.3 is 0 Å². The van der Waals surface area contributed by atoms with Crippen LogP contribution in [-0.4, -0.2) is 31.7 Å². The van der Waals surface area contributed by atoms with Gasteiger partial charge in [0.05, 0.1) is 0 Å². The second-order valence-electron chi connectivity index (χ2n) is 3.78. The Morgan fingerprint density at radius 2 is 1.75 bits per heavy atom. The minimum atomic E-state index is -0.557. The van der Waals surface area contributed by atoms with Gasteiger partial charge in [-0.15, -0.1) is 0 Å². The quantitative estimate of drug-likeness (QED) is 0.720. The minimum Gasteiger partial charge on any atom is -0.388 e. The van der Waals surface area contributed by atoms with Crippen molar-refractivity contribution in [3.63, 3.8) is 0 Å². The van der Waals surface area contributed by atoms with Crippen molar-refractivity contribution in [2.24, 2.45) is 0 Å². The first kappa shape index (κ1) is 13.2. The van der Waals surface area contributed by atoms with E-state index in [9.17, 15) is 5.11 Å². The Hall–Kier alpha value is -0.900. The van der Waals surface area contributed by atoms with Gasteiger partial charge in [0.1, 0.15) is 6.10 Å². The van der Waals surface area contributed by atoms with Crippen LogP contribution in [-0.2, 0) is 15.9 Å². The fourth-order valence-electron chi connectivity index (χ4n) is 1.71. The van der Waals surface area contributed by atoms with E-state index < -0.39 is 12.4 Å². The molecule has 3 nitrogen and oxygen atoms in total. The van der Waals surface area contributed by atoms with Gasteiger partial charge in [0.2, 0.25) is 0 Å². The van der Waals surface area contributed by atoms with Crippen LogP contribution in [0.25, 0.3) is 0 Å². The van der Waals surface area contributed by atoms with Crippen molar-refractivity contribution in [2.45, 2.75) is 31.7 Å². The van der Waals surface area contributed by atoms with Crippen LogP contribution in [0.2, 0.25) is 0 Å². The average Bonchev–Trinajstić information content (AvgIpc) is 2.32. The van der Waals surface area contributed by atoms with E-state index in [-0.39, 0.29) is 0 Å². The van der Waals surface area contributed by atoms with Crippen molar-refractivity contribution in [1.82, 2.24) is 0 Å². The van der Waals surface area contributed by atoms with Crippen molar-refractivity contribution < 1.29 is 14.6 Å². The van der Waals surface area contributed by atoms with Crippen molar-refractivity contribution in [3.05, 3.63) is 35.9 Å². The summed E-state index contributed by atoms with van der Waals surface area (Å²) in [5.74, 6) is 0. The molecule has 1 aromatic carbocycles. The normalized spacial score (nSPS) is 13.0. The molecule has 0 bridgehead atoms. The van der Waals surface area contributed by atoms with Gasteiger partial charge in [-0.25, -0.2) is 0 Å². The number of benzene rings is 1. The maximum atomic E-state index is 9.74. The van der Waals surface area contributed by atoms with Gasteiger partial charge in [0, 0.05) is 14.2 Å². The highest BCUT2D eigenvalue weighted by Gasteiger charge is 2.16. The number of aryl methyl sites for hydroxylation is 1. The van der Waals surface area contributed by atoms with Crippen LogP contribution < -0.4 is 0 Å². The Labute approximate surface area is 97.0 Å². The predicted molar refractivity (Wildman–Crippen MR) is 63.2 cm³/mol. The lowest BCUT2D eigenvalue weighted by Gasteiger charge is -2.19. The Bertz CT molecular complexity index is 270. The van der Waals surface area contributed by atoms with Crippen LogP contribution in [0, 0.1) is 0 Å². The summed E-state index contributed by atoms with van der Waals surface area (Å²) in [6.45, 7) is 0. The Balaban J connectivity index is 2.25. The first-order valence-electron chi connectivity index (χ1n) is 5.55. The molecule has 0 aliphatic heterocycles. The number of rotatable bonds is 7. The molecule has 0 saturated heterocycles. The summed E-state index contributed by atoms with van der Waals surface area (Å²) in [5, 5.41) is 9.74. The lowest BCUT2D eigenvalue weighted by Crippen LogP contribution is -2.29. The number of aliphatic hydroxyl groups excluding tert-OH is 1. The van der Waals surface area contributed by atoms with Crippen LogP contribution in [0.1, 0.15) is 18.4 Å². The highest BCUT2D eigenvalue weighted by atomic mass is 16.7. The summed E-state index contributed by atoms with van der Waals surface area (Å²) in [5.41, 5.74) is 1.29. The molecule has 90 valence electrons. The van der Waals surface area contributed by atoms with Gasteiger partial charge < -0.3 is 14.6 Å². The molecule has 1 rings (SSSR count). The first-order valence-corrected chi connectivity index (χ1v) is 5.55. The zero-order chi connectivity index (χ0) is 11.8. The smallest absolute Gasteiger partial charge is 0.182 e. The molecular formula is C13H20O3. The van der Waals surface area contributed by atoms with Gasteiger partial charge in [-0.1, -0.05) is 30.3 Å². The van der Waals surface area contributed by atoms with E-state index in [1.807, 2.05) is 18.2 Å². The molecule has 1 atom stereocenters. The van der Waals surface area contributed by atoms with E-state index in [4.69, 9.17) is 9.47 Å². The fourth-order valence-corrected chi connectivity index (χ4v) is 1.71. The lowest BCUT2D eigenvalue weighted by molar-refractivity contribution is -0.165. The molecule has 1 aromatic rings. The van der Waals surface area contributed by atoms with Crippen LogP contribution in [0.4, 0.5) is 0 Å². The van der Waals surface area contributed by atoms with Crippen molar-refractivity contribution in [1.29, 1.82) is 0 Å². The number of hydrogen-bond donors (Lipinski definition) is 1. The van der Waals surface area contributed by atoms with Gasteiger partial charge in [0.25, 0.3) is 0 Å². The monoisotopic (exact) mass is 224 g/mol. The second kappa shape index (κ2) is 7.39. The van der Waals surface area contributed by atoms with E-state index >= 15 is 0 Å². The summed E-state index contributed by atoms with van der Waals surface area (Å²) >= 11 is 0. The Morgan fingerprint density at radius 1 is 1.12 bits per heavy atom. The molecule has 0 amide bonds. The average molecular weight is 224 g/mol. The Morgan fingerprint density at radius 3 is 2.31 bits per heavy atom. The molecule has 0 aromatic heterocycles.